The smallest absolute Gasteiger partial charge is 0.306 e. The fourth-order valence-electron chi connectivity index (χ4n) is 3.36. The largest absolute Gasteiger partial charge is 0.481 e. The van der Waals surface area contributed by atoms with Crippen LogP contribution in [-0.4, -0.2) is 28.5 Å². The van der Waals surface area contributed by atoms with E-state index in [0.29, 0.717) is 30.2 Å². The molecule has 0 unspecified atom stereocenters. The number of carboxylic acids is 1. The molecular formula is C20H24N2O3S. The summed E-state index contributed by atoms with van der Waals surface area (Å²) in [6.07, 6.45) is 3.11. The van der Waals surface area contributed by atoms with Gasteiger partial charge in [-0.25, -0.2) is 4.98 Å². The first kappa shape index (κ1) is 18.6. The summed E-state index contributed by atoms with van der Waals surface area (Å²) in [6.45, 7) is 4.50. The third-order valence-corrected chi connectivity index (χ3v) is 6.25. The molecule has 1 aromatic heterocycles. The van der Waals surface area contributed by atoms with Crippen molar-refractivity contribution in [3.63, 3.8) is 0 Å². The second kappa shape index (κ2) is 7.99. The Morgan fingerprint density at radius 3 is 2.42 bits per heavy atom. The molecule has 1 aliphatic rings. The Kier molecular flexibility index (Phi) is 5.71. The Balaban J connectivity index is 1.58. The summed E-state index contributed by atoms with van der Waals surface area (Å²) in [5.74, 6) is -0.641. The summed E-state index contributed by atoms with van der Waals surface area (Å²) >= 11 is 1.42. The third-order valence-electron chi connectivity index (χ3n) is 5.05. The van der Waals surface area contributed by atoms with E-state index in [-0.39, 0.29) is 11.8 Å². The van der Waals surface area contributed by atoms with Crippen LogP contribution in [0, 0.1) is 25.7 Å². The Labute approximate surface area is 157 Å². The fraction of sp³-hybridized carbons (Fsp3) is 0.450. The van der Waals surface area contributed by atoms with Gasteiger partial charge >= 0.3 is 5.97 Å². The van der Waals surface area contributed by atoms with Crippen molar-refractivity contribution in [2.45, 2.75) is 39.5 Å². The minimum atomic E-state index is -0.698. The van der Waals surface area contributed by atoms with Crippen LogP contribution in [0.4, 0.5) is 0 Å². The molecule has 1 heterocycles. The number of aliphatic carboxylic acids is 1. The van der Waals surface area contributed by atoms with Crippen LogP contribution in [0.2, 0.25) is 0 Å². The molecule has 1 aliphatic carbocycles. The average Bonchev–Trinajstić information content (AvgIpc) is 3.02. The number of benzene rings is 1. The molecule has 0 radical (unpaired) electrons. The summed E-state index contributed by atoms with van der Waals surface area (Å²) < 4.78 is 0. The minimum Gasteiger partial charge on any atom is -0.481 e. The van der Waals surface area contributed by atoms with E-state index < -0.39 is 5.97 Å². The molecule has 0 atom stereocenters. The number of hydrogen-bond acceptors (Lipinski definition) is 4. The van der Waals surface area contributed by atoms with Gasteiger partial charge in [-0.05, 0) is 45.4 Å². The van der Waals surface area contributed by atoms with Crippen LogP contribution in [0.15, 0.2) is 24.3 Å². The number of nitrogens with one attached hydrogen (secondary N) is 1. The van der Waals surface area contributed by atoms with Crippen LogP contribution >= 0.6 is 11.3 Å². The van der Waals surface area contributed by atoms with Crippen molar-refractivity contribution in [1.82, 2.24) is 10.3 Å². The molecule has 0 aliphatic heterocycles. The maximum Gasteiger partial charge on any atom is 0.306 e. The average molecular weight is 372 g/mol. The van der Waals surface area contributed by atoms with Gasteiger partial charge in [-0.3, -0.25) is 9.59 Å². The Bertz CT molecular complexity index is 790. The molecular weight excluding hydrogens is 348 g/mol. The molecule has 26 heavy (non-hydrogen) atoms. The maximum absolute atomic E-state index is 12.5. The zero-order valence-corrected chi connectivity index (χ0v) is 15.9. The molecule has 5 nitrogen and oxygen atoms in total. The van der Waals surface area contributed by atoms with Crippen molar-refractivity contribution in [3.05, 3.63) is 40.4 Å². The summed E-state index contributed by atoms with van der Waals surface area (Å²) in [4.78, 5) is 28.8. The van der Waals surface area contributed by atoms with Gasteiger partial charge in [0.05, 0.1) is 11.6 Å². The molecule has 3 rings (SSSR count). The Hall–Kier alpha value is -2.21. The highest BCUT2D eigenvalue weighted by molar-refractivity contribution is 7.17. The van der Waals surface area contributed by atoms with Crippen molar-refractivity contribution in [1.29, 1.82) is 0 Å². The van der Waals surface area contributed by atoms with Gasteiger partial charge < -0.3 is 10.4 Å². The highest BCUT2D eigenvalue weighted by atomic mass is 32.1. The lowest BCUT2D eigenvalue weighted by molar-refractivity contribution is -0.143. The standard InChI is InChI=1S/C20H24N2O3S/c1-12-3-7-15(8-4-12)19-22-13(2)17(26-19)18(23)21-11-14-5-9-16(10-6-14)20(24)25/h3-4,7-8,14,16H,5-6,9-11H2,1-2H3,(H,21,23)(H,24,25). The van der Waals surface area contributed by atoms with Crippen LogP contribution in [0.1, 0.15) is 46.6 Å². The lowest BCUT2D eigenvalue weighted by atomic mass is 9.82. The highest BCUT2D eigenvalue weighted by Gasteiger charge is 2.26. The van der Waals surface area contributed by atoms with Gasteiger partial charge in [-0.15, -0.1) is 11.3 Å². The molecule has 2 aromatic rings. The first-order valence-corrected chi connectivity index (χ1v) is 9.81. The fourth-order valence-corrected chi connectivity index (χ4v) is 4.35. The predicted molar refractivity (Wildman–Crippen MR) is 102 cm³/mol. The van der Waals surface area contributed by atoms with Crippen LogP contribution in [0.25, 0.3) is 10.6 Å². The lowest BCUT2D eigenvalue weighted by Gasteiger charge is -2.26. The second-order valence-corrected chi connectivity index (χ2v) is 8.06. The van der Waals surface area contributed by atoms with Gasteiger partial charge in [-0.2, -0.15) is 0 Å². The molecule has 0 bridgehead atoms. The SMILES string of the molecule is Cc1ccc(-c2nc(C)c(C(=O)NCC3CCC(C(=O)O)CC3)s2)cc1. The number of carbonyl (C=O) groups excluding carboxylic acids is 1. The van der Waals surface area contributed by atoms with E-state index in [2.05, 4.69) is 10.3 Å². The Morgan fingerprint density at radius 1 is 1.15 bits per heavy atom. The minimum absolute atomic E-state index is 0.0845. The molecule has 0 spiro atoms. The molecule has 0 saturated heterocycles. The first-order valence-electron chi connectivity index (χ1n) is 8.99. The van der Waals surface area contributed by atoms with E-state index in [0.717, 1.165) is 29.1 Å². The Morgan fingerprint density at radius 2 is 1.81 bits per heavy atom. The third kappa shape index (κ3) is 4.30. The summed E-state index contributed by atoms with van der Waals surface area (Å²) in [6, 6.07) is 8.13. The number of thiazole rings is 1. The van der Waals surface area contributed by atoms with Crippen LogP contribution in [-0.2, 0) is 4.79 Å². The molecule has 2 N–H and O–H groups in total. The predicted octanol–water partition coefficient (Wildman–Crippen LogP) is 4.05. The number of amides is 1. The van der Waals surface area contributed by atoms with E-state index in [9.17, 15) is 9.59 Å². The van der Waals surface area contributed by atoms with Crippen molar-refractivity contribution in [2.24, 2.45) is 11.8 Å². The first-order chi connectivity index (χ1) is 12.4. The molecule has 1 amide bonds. The van der Waals surface area contributed by atoms with Gasteiger partial charge in [0.1, 0.15) is 9.88 Å². The van der Waals surface area contributed by atoms with Gasteiger partial charge in [0.25, 0.3) is 5.91 Å². The zero-order valence-electron chi connectivity index (χ0n) is 15.1. The summed E-state index contributed by atoms with van der Waals surface area (Å²) in [5, 5.41) is 12.9. The quantitative estimate of drug-likeness (QED) is 0.830. The van der Waals surface area contributed by atoms with E-state index in [4.69, 9.17) is 5.11 Å². The van der Waals surface area contributed by atoms with E-state index in [1.807, 2.05) is 38.1 Å². The second-order valence-electron chi connectivity index (χ2n) is 7.07. The zero-order chi connectivity index (χ0) is 18.7. The summed E-state index contributed by atoms with van der Waals surface area (Å²) in [5.41, 5.74) is 2.96. The molecule has 6 heteroatoms. The molecule has 1 fully saturated rings. The molecule has 1 aromatic carbocycles. The number of rotatable bonds is 5. The number of hydrogen-bond donors (Lipinski definition) is 2. The highest BCUT2D eigenvalue weighted by Crippen LogP contribution is 2.30. The van der Waals surface area contributed by atoms with Crippen molar-refractivity contribution in [3.8, 4) is 10.6 Å². The number of aromatic nitrogens is 1. The molecule has 138 valence electrons. The van der Waals surface area contributed by atoms with Crippen molar-refractivity contribution in [2.75, 3.05) is 6.54 Å². The van der Waals surface area contributed by atoms with E-state index in [1.165, 1.54) is 16.9 Å². The van der Waals surface area contributed by atoms with Gasteiger partial charge in [0.15, 0.2) is 0 Å². The number of aryl methyl sites for hydroxylation is 2. The van der Waals surface area contributed by atoms with Gasteiger partial charge in [0, 0.05) is 12.1 Å². The molecule has 1 saturated carbocycles. The van der Waals surface area contributed by atoms with Gasteiger partial charge in [0.2, 0.25) is 0 Å². The van der Waals surface area contributed by atoms with Crippen LogP contribution < -0.4 is 5.32 Å². The van der Waals surface area contributed by atoms with Gasteiger partial charge in [-0.1, -0.05) is 29.8 Å². The monoisotopic (exact) mass is 372 g/mol. The van der Waals surface area contributed by atoms with Crippen molar-refractivity contribution >= 4 is 23.2 Å². The normalized spacial score (nSPS) is 19.9. The number of carboxylic acid groups (broad SMARTS) is 1. The van der Waals surface area contributed by atoms with Crippen molar-refractivity contribution < 1.29 is 14.7 Å². The van der Waals surface area contributed by atoms with E-state index in [1.54, 1.807) is 0 Å². The van der Waals surface area contributed by atoms with Crippen LogP contribution in [0.3, 0.4) is 0 Å². The maximum atomic E-state index is 12.5. The van der Waals surface area contributed by atoms with E-state index >= 15 is 0 Å². The summed E-state index contributed by atoms with van der Waals surface area (Å²) in [7, 11) is 0. The topological polar surface area (TPSA) is 79.3 Å². The number of nitrogens with zero attached hydrogens (tertiary/aromatic N) is 1. The van der Waals surface area contributed by atoms with Crippen LogP contribution in [0.5, 0.6) is 0 Å². The number of carbonyl (C=O) groups is 2. The lowest BCUT2D eigenvalue weighted by Crippen LogP contribution is -2.32.